The standard InChI is InChI=1S/C23H29FN6O2/c1-15(2)30(17-4-5-17)22(31)18-11-16(24)3-6-19(18)32-21-20(26-14-27-28-21)29-12-23(13-29)7-9-25-10-8-23/h3,6,11,14-15,17,25H,4-5,7-10,12-13H2,1-2H3. The zero-order chi connectivity index (χ0) is 22.3. The minimum Gasteiger partial charge on any atom is -0.434 e. The van der Waals surface area contributed by atoms with E-state index >= 15 is 0 Å². The third-order valence-corrected chi connectivity index (χ3v) is 6.70. The minimum absolute atomic E-state index is 0.0159. The Morgan fingerprint density at radius 2 is 2.03 bits per heavy atom. The second kappa shape index (κ2) is 8.27. The molecule has 2 saturated heterocycles. The van der Waals surface area contributed by atoms with Crippen LogP contribution in [-0.4, -0.2) is 64.3 Å². The fourth-order valence-electron chi connectivity index (χ4n) is 4.90. The van der Waals surface area contributed by atoms with Crippen LogP contribution in [0.15, 0.2) is 24.5 Å². The van der Waals surface area contributed by atoms with Crippen molar-refractivity contribution in [2.75, 3.05) is 31.1 Å². The van der Waals surface area contributed by atoms with Crippen molar-refractivity contribution in [3.63, 3.8) is 0 Å². The summed E-state index contributed by atoms with van der Waals surface area (Å²) in [6, 6.07) is 4.24. The second-order valence-electron chi connectivity index (χ2n) is 9.47. The average molecular weight is 441 g/mol. The molecule has 0 unspecified atom stereocenters. The van der Waals surface area contributed by atoms with Gasteiger partial charge in [0.25, 0.3) is 11.8 Å². The molecular weight excluding hydrogens is 411 g/mol. The molecule has 8 nitrogen and oxygen atoms in total. The Balaban J connectivity index is 1.40. The Morgan fingerprint density at radius 3 is 2.72 bits per heavy atom. The first-order chi connectivity index (χ1) is 15.5. The largest absolute Gasteiger partial charge is 0.434 e. The van der Waals surface area contributed by atoms with Crippen molar-refractivity contribution in [1.29, 1.82) is 0 Å². The van der Waals surface area contributed by atoms with Gasteiger partial charge in [-0.25, -0.2) is 9.37 Å². The summed E-state index contributed by atoms with van der Waals surface area (Å²) in [5.74, 6) is 0.402. The highest BCUT2D eigenvalue weighted by Crippen LogP contribution is 2.43. The van der Waals surface area contributed by atoms with Crippen LogP contribution in [0, 0.1) is 11.2 Å². The molecule has 1 spiro atoms. The van der Waals surface area contributed by atoms with Crippen LogP contribution < -0.4 is 15.0 Å². The number of halogens is 1. The van der Waals surface area contributed by atoms with E-state index in [0.717, 1.165) is 51.9 Å². The van der Waals surface area contributed by atoms with E-state index in [9.17, 15) is 9.18 Å². The van der Waals surface area contributed by atoms with Crippen molar-refractivity contribution >= 4 is 11.7 Å². The van der Waals surface area contributed by atoms with Crippen molar-refractivity contribution < 1.29 is 13.9 Å². The van der Waals surface area contributed by atoms with Gasteiger partial charge in [0.05, 0.1) is 5.56 Å². The van der Waals surface area contributed by atoms with Gasteiger partial charge in [-0.15, -0.1) is 10.2 Å². The molecule has 0 atom stereocenters. The van der Waals surface area contributed by atoms with E-state index in [1.165, 1.54) is 24.5 Å². The molecule has 1 aromatic carbocycles. The number of amides is 1. The molecule has 1 aromatic heterocycles. The zero-order valence-corrected chi connectivity index (χ0v) is 18.6. The smallest absolute Gasteiger partial charge is 0.282 e. The summed E-state index contributed by atoms with van der Waals surface area (Å²) in [5.41, 5.74) is 0.507. The fraction of sp³-hybridized carbons (Fsp3) is 0.565. The number of nitrogens with zero attached hydrogens (tertiary/aromatic N) is 5. The van der Waals surface area contributed by atoms with Gasteiger partial charge >= 0.3 is 0 Å². The molecule has 3 fully saturated rings. The SMILES string of the molecule is CC(C)N(C(=O)c1cc(F)ccc1Oc1nncnc1N1CC2(CCNCC2)C1)C1CC1. The molecule has 9 heteroatoms. The van der Waals surface area contributed by atoms with Gasteiger partial charge in [-0.1, -0.05) is 0 Å². The Labute approximate surface area is 187 Å². The summed E-state index contributed by atoms with van der Waals surface area (Å²) >= 11 is 0. The predicted molar refractivity (Wildman–Crippen MR) is 117 cm³/mol. The van der Waals surface area contributed by atoms with Gasteiger partial charge in [0, 0.05) is 30.6 Å². The number of carbonyl (C=O) groups is 1. The number of nitrogens with one attached hydrogen (secondary N) is 1. The maximum absolute atomic E-state index is 14.1. The van der Waals surface area contributed by atoms with E-state index in [2.05, 4.69) is 25.4 Å². The van der Waals surface area contributed by atoms with Crippen molar-refractivity contribution in [2.24, 2.45) is 5.41 Å². The van der Waals surface area contributed by atoms with Crippen LogP contribution in [0.25, 0.3) is 0 Å². The number of ether oxygens (including phenoxy) is 1. The number of hydrogen-bond acceptors (Lipinski definition) is 7. The van der Waals surface area contributed by atoms with Gasteiger partial charge in [-0.2, -0.15) is 0 Å². The Morgan fingerprint density at radius 1 is 1.28 bits per heavy atom. The summed E-state index contributed by atoms with van der Waals surface area (Å²) in [7, 11) is 0. The molecule has 1 N–H and O–H groups in total. The molecule has 3 aliphatic rings. The number of rotatable bonds is 6. The molecule has 5 rings (SSSR count). The predicted octanol–water partition coefficient (Wildman–Crippen LogP) is 3.01. The quantitative estimate of drug-likeness (QED) is 0.739. The molecule has 2 aromatic rings. The van der Waals surface area contributed by atoms with Gasteiger partial charge in [-0.05, 0) is 70.8 Å². The number of anilines is 1. The topological polar surface area (TPSA) is 83.5 Å². The highest BCUT2D eigenvalue weighted by molar-refractivity contribution is 5.97. The Hall–Kier alpha value is -2.81. The third-order valence-electron chi connectivity index (χ3n) is 6.70. The van der Waals surface area contributed by atoms with E-state index < -0.39 is 5.82 Å². The van der Waals surface area contributed by atoms with E-state index in [0.29, 0.717) is 11.2 Å². The molecule has 1 aliphatic carbocycles. The molecule has 1 saturated carbocycles. The first-order valence-corrected chi connectivity index (χ1v) is 11.4. The van der Waals surface area contributed by atoms with E-state index in [1.54, 1.807) is 0 Å². The lowest BCUT2D eigenvalue weighted by Gasteiger charge is -2.52. The average Bonchev–Trinajstić information content (AvgIpc) is 3.59. The molecule has 2 aliphatic heterocycles. The lowest BCUT2D eigenvalue weighted by Crippen LogP contribution is -2.60. The highest BCUT2D eigenvalue weighted by Gasteiger charge is 2.45. The summed E-state index contributed by atoms with van der Waals surface area (Å²) in [5, 5.41) is 11.5. The van der Waals surface area contributed by atoms with Crippen molar-refractivity contribution in [2.45, 2.75) is 51.6 Å². The maximum atomic E-state index is 14.1. The monoisotopic (exact) mass is 440 g/mol. The van der Waals surface area contributed by atoms with Crippen LogP contribution in [0.4, 0.5) is 10.2 Å². The van der Waals surface area contributed by atoms with Gasteiger partial charge in [0.15, 0.2) is 5.82 Å². The van der Waals surface area contributed by atoms with Gasteiger partial charge in [-0.3, -0.25) is 4.79 Å². The van der Waals surface area contributed by atoms with Gasteiger partial charge in [0.1, 0.15) is 17.9 Å². The molecule has 1 amide bonds. The van der Waals surface area contributed by atoms with Crippen LogP contribution in [0.3, 0.4) is 0 Å². The second-order valence-corrected chi connectivity index (χ2v) is 9.47. The fourth-order valence-corrected chi connectivity index (χ4v) is 4.90. The van der Waals surface area contributed by atoms with Crippen molar-refractivity contribution in [1.82, 2.24) is 25.4 Å². The number of carbonyl (C=O) groups excluding carboxylic acids is 1. The van der Waals surface area contributed by atoms with Crippen LogP contribution in [-0.2, 0) is 0 Å². The number of hydrogen-bond donors (Lipinski definition) is 1. The lowest BCUT2D eigenvalue weighted by atomic mass is 9.72. The molecule has 32 heavy (non-hydrogen) atoms. The number of benzene rings is 1. The molecule has 0 radical (unpaired) electrons. The van der Waals surface area contributed by atoms with Crippen molar-refractivity contribution in [3.8, 4) is 11.6 Å². The van der Waals surface area contributed by atoms with Gasteiger partial charge < -0.3 is 19.9 Å². The molecule has 0 bridgehead atoms. The molecular formula is C23H29FN6O2. The molecule has 170 valence electrons. The summed E-state index contributed by atoms with van der Waals surface area (Å²) in [6.45, 7) is 7.80. The first kappa shape index (κ1) is 21.1. The Bertz CT molecular complexity index is 996. The summed E-state index contributed by atoms with van der Waals surface area (Å²) in [4.78, 5) is 21.7. The third kappa shape index (κ3) is 4.01. The van der Waals surface area contributed by atoms with E-state index in [-0.39, 0.29) is 35.2 Å². The lowest BCUT2D eigenvalue weighted by molar-refractivity contribution is 0.0687. The molecule has 3 heterocycles. The van der Waals surface area contributed by atoms with E-state index in [1.807, 2.05) is 18.7 Å². The van der Waals surface area contributed by atoms with Gasteiger partial charge in [0.2, 0.25) is 0 Å². The van der Waals surface area contributed by atoms with Crippen LogP contribution in [0.1, 0.15) is 49.9 Å². The van der Waals surface area contributed by atoms with Crippen LogP contribution in [0.2, 0.25) is 0 Å². The highest BCUT2D eigenvalue weighted by atomic mass is 19.1. The normalized spacial score (nSPS) is 19.7. The van der Waals surface area contributed by atoms with Crippen LogP contribution >= 0.6 is 0 Å². The minimum atomic E-state index is -0.478. The summed E-state index contributed by atoms with van der Waals surface area (Å²) < 4.78 is 20.2. The number of aromatic nitrogens is 3. The maximum Gasteiger partial charge on any atom is 0.282 e. The van der Waals surface area contributed by atoms with E-state index in [4.69, 9.17) is 4.74 Å². The zero-order valence-electron chi connectivity index (χ0n) is 18.6. The van der Waals surface area contributed by atoms with Crippen LogP contribution in [0.5, 0.6) is 11.6 Å². The number of piperidine rings is 1. The summed E-state index contributed by atoms with van der Waals surface area (Å²) in [6.07, 6.45) is 5.63. The van der Waals surface area contributed by atoms with Crippen molar-refractivity contribution in [3.05, 3.63) is 35.9 Å². The first-order valence-electron chi connectivity index (χ1n) is 11.4. The Kier molecular flexibility index (Phi) is 5.44.